The van der Waals surface area contributed by atoms with Crippen molar-refractivity contribution in [3.05, 3.63) is 60.2 Å². The van der Waals surface area contributed by atoms with Gasteiger partial charge in [-0.25, -0.2) is 4.98 Å². The first-order valence-electron chi connectivity index (χ1n) is 13.8. The lowest BCUT2D eigenvalue weighted by Crippen LogP contribution is -2.46. The van der Waals surface area contributed by atoms with Crippen molar-refractivity contribution in [1.82, 2.24) is 49.4 Å². The van der Waals surface area contributed by atoms with Gasteiger partial charge in [-0.2, -0.15) is 14.7 Å². The zero-order valence-corrected chi connectivity index (χ0v) is 22.7. The Morgan fingerprint density at radius 3 is 2.54 bits per heavy atom. The van der Waals surface area contributed by atoms with Crippen LogP contribution in [0.3, 0.4) is 0 Å². The van der Waals surface area contributed by atoms with Crippen molar-refractivity contribution < 1.29 is 9.59 Å². The number of pyridine rings is 1. The summed E-state index contributed by atoms with van der Waals surface area (Å²) >= 11 is 0. The zero-order valence-electron chi connectivity index (χ0n) is 22.7. The first-order chi connectivity index (χ1) is 19.9. The van der Waals surface area contributed by atoms with Gasteiger partial charge < -0.3 is 15.6 Å². The molecule has 2 fully saturated rings. The number of anilines is 1. The molecule has 2 bridgehead atoms. The molecule has 0 unspecified atom stereocenters. The van der Waals surface area contributed by atoms with Crippen molar-refractivity contribution in [2.24, 2.45) is 0 Å². The van der Waals surface area contributed by atoms with Crippen LogP contribution in [0.15, 0.2) is 43.1 Å². The van der Waals surface area contributed by atoms with Gasteiger partial charge in [0.25, 0.3) is 5.91 Å². The van der Waals surface area contributed by atoms with Gasteiger partial charge in [0.15, 0.2) is 11.4 Å². The molecule has 5 aromatic heterocycles. The minimum Gasteiger partial charge on any atom is -0.383 e. The lowest BCUT2D eigenvalue weighted by molar-refractivity contribution is 0.0556. The summed E-state index contributed by atoms with van der Waals surface area (Å²) in [6.45, 7) is 4.33. The third kappa shape index (κ3) is 4.07. The molecule has 2 aliphatic rings. The number of nitrogen functional groups attached to an aromatic ring is 1. The van der Waals surface area contributed by atoms with Gasteiger partial charge in [-0.3, -0.25) is 19.3 Å². The Bertz CT molecular complexity index is 1760. The van der Waals surface area contributed by atoms with Crippen molar-refractivity contribution in [3.63, 3.8) is 0 Å². The third-order valence-electron chi connectivity index (χ3n) is 8.34. The normalized spacial score (nSPS) is 20.1. The van der Waals surface area contributed by atoms with Gasteiger partial charge in [0.1, 0.15) is 17.8 Å². The van der Waals surface area contributed by atoms with E-state index in [-0.39, 0.29) is 41.3 Å². The molecule has 2 aliphatic heterocycles. The first kappa shape index (κ1) is 25.1. The number of aryl methyl sites for hydroxylation is 1. The maximum Gasteiger partial charge on any atom is 0.292 e. The van der Waals surface area contributed by atoms with Gasteiger partial charge in [-0.15, -0.1) is 10.2 Å². The molecule has 41 heavy (non-hydrogen) atoms. The van der Waals surface area contributed by atoms with E-state index in [2.05, 4.69) is 30.4 Å². The van der Waals surface area contributed by atoms with Crippen LogP contribution < -0.4 is 5.73 Å². The number of H-pyrrole nitrogens is 1. The summed E-state index contributed by atoms with van der Waals surface area (Å²) in [6, 6.07) is 5.87. The number of aromatic nitrogens is 9. The molecule has 3 atom stereocenters. The van der Waals surface area contributed by atoms with Crippen molar-refractivity contribution in [2.75, 3.05) is 5.73 Å². The zero-order chi connectivity index (χ0) is 28.2. The molecule has 13 heteroatoms. The largest absolute Gasteiger partial charge is 0.383 e. The lowest BCUT2D eigenvalue weighted by Gasteiger charge is -2.38. The lowest BCUT2D eigenvalue weighted by atomic mass is 9.85. The number of piperidine rings is 1. The number of amides is 1. The molecule has 7 heterocycles. The minimum atomic E-state index is -0.158. The van der Waals surface area contributed by atoms with E-state index < -0.39 is 0 Å². The molecule has 0 radical (unpaired) electrons. The highest BCUT2D eigenvalue weighted by Crippen LogP contribution is 2.45. The van der Waals surface area contributed by atoms with Crippen LogP contribution in [-0.4, -0.2) is 73.2 Å². The van der Waals surface area contributed by atoms with Crippen LogP contribution in [0, 0.1) is 0 Å². The molecule has 5 aromatic rings. The Kier molecular flexibility index (Phi) is 5.87. The number of carbonyl (C=O) groups is 2. The van der Waals surface area contributed by atoms with E-state index in [0.717, 1.165) is 41.9 Å². The van der Waals surface area contributed by atoms with Crippen LogP contribution in [0.5, 0.6) is 0 Å². The Morgan fingerprint density at radius 2 is 1.90 bits per heavy atom. The molecule has 2 saturated heterocycles. The number of hydrogen-bond acceptors (Lipinski definition) is 9. The van der Waals surface area contributed by atoms with Crippen molar-refractivity contribution in [3.8, 4) is 22.5 Å². The average Bonchev–Trinajstić information content (AvgIpc) is 3.79. The minimum absolute atomic E-state index is 0.0210. The summed E-state index contributed by atoms with van der Waals surface area (Å²) in [6.07, 6.45) is 9.97. The van der Waals surface area contributed by atoms with Crippen LogP contribution >= 0.6 is 0 Å². The number of aromatic amines is 1. The monoisotopic (exact) mass is 551 g/mol. The fourth-order valence-corrected chi connectivity index (χ4v) is 6.44. The van der Waals surface area contributed by atoms with Gasteiger partial charge in [0.2, 0.25) is 5.82 Å². The smallest absolute Gasteiger partial charge is 0.292 e. The van der Waals surface area contributed by atoms with E-state index in [1.54, 1.807) is 12.4 Å². The summed E-state index contributed by atoms with van der Waals surface area (Å²) in [4.78, 5) is 40.5. The van der Waals surface area contributed by atoms with Crippen LogP contribution in [0.2, 0.25) is 0 Å². The number of nitrogens with zero attached hydrogens (tertiary/aromatic N) is 9. The quantitative estimate of drug-likeness (QED) is 0.301. The second kappa shape index (κ2) is 9.61. The van der Waals surface area contributed by atoms with Crippen LogP contribution in [0.1, 0.15) is 72.1 Å². The van der Waals surface area contributed by atoms with Gasteiger partial charge in [0.05, 0.1) is 23.1 Å². The molecule has 0 saturated carbocycles. The van der Waals surface area contributed by atoms with Gasteiger partial charge in [-0.05, 0) is 51.7 Å². The van der Waals surface area contributed by atoms with Crippen LogP contribution in [-0.2, 0) is 6.54 Å². The van der Waals surface area contributed by atoms with E-state index in [0.29, 0.717) is 29.7 Å². The molecule has 0 aliphatic carbocycles. The second-order valence-corrected chi connectivity index (χ2v) is 10.7. The Labute approximate surface area is 234 Å². The predicted molar refractivity (Wildman–Crippen MR) is 149 cm³/mol. The van der Waals surface area contributed by atoms with Gasteiger partial charge in [0, 0.05) is 48.1 Å². The summed E-state index contributed by atoms with van der Waals surface area (Å²) in [5.41, 5.74) is 11.4. The number of carbonyl (C=O) groups excluding carboxylic acids is 2. The Morgan fingerprint density at radius 1 is 1.10 bits per heavy atom. The van der Waals surface area contributed by atoms with Gasteiger partial charge >= 0.3 is 0 Å². The molecule has 208 valence electrons. The molecule has 1 amide bonds. The molecule has 3 N–H and O–H groups in total. The SMILES string of the molecule is CCn1ccc(-c2ccc(-c3cnn4c(N)c(C(C)=O)c([C@@H]5C[C@H]6CC[C@@H](C5)N6C(=O)c5nnc[nH]5)nc34)cn2)n1. The molecule has 7 rings (SSSR count). The highest BCUT2D eigenvalue weighted by molar-refractivity contribution is 6.00. The molecule has 0 spiro atoms. The topological polar surface area (TPSA) is 166 Å². The van der Waals surface area contributed by atoms with Crippen LogP contribution in [0.25, 0.3) is 28.2 Å². The molecular formula is C28H29N11O2. The fourth-order valence-electron chi connectivity index (χ4n) is 6.44. The molecule has 13 nitrogen and oxygen atoms in total. The van der Waals surface area contributed by atoms with E-state index in [9.17, 15) is 9.59 Å². The van der Waals surface area contributed by atoms with Gasteiger partial charge in [-0.1, -0.05) is 6.07 Å². The van der Waals surface area contributed by atoms with E-state index in [1.807, 2.05) is 40.9 Å². The number of Topliss-reactive ketones (excluding diaryl/α,β-unsaturated/α-hetero) is 1. The maximum absolute atomic E-state index is 13.1. The van der Waals surface area contributed by atoms with Crippen LogP contribution in [0.4, 0.5) is 5.82 Å². The Hall–Kier alpha value is -4.94. The standard InChI is InChI=1S/C28H29N11O2/c1-3-37-9-8-22(36-37)21-7-4-16(12-30-21)20-13-33-39-25(29)23(15(2)40)24(34-27(20)39)17-10-18-5-6-19(11-17)38(18)28(41)26-31-14-32-35-26/h4,7-9,12-14,17-19H,3,5-6,10-11,29H2,1-2H3,(H,31,32,35)/t17-,18-,19+. The number of nitrogens with two attached hydrogens (primary N) is 1. The third-order valence-corrected chi connectivity index (χ3v) is 8.34. The Balaban J connectivity index is 1.25. The number of rotatable bonds is 6. The highest BCUT2D eigenvalue weighted by atomic mass is 16.2. The van der Waals surface area contributed by atoms with E-state index >= 15 is 0 Å². The second-order valence-electron chi connectivity index (χ2n) is 10.7. The number of fused-ring (bicyclic) bond motifs is 3. The maximum atomic E-state index is 13.1. The van der Waals surface area contributed by atoms with Crippen molar-refractivity contribution in [2.45, 2.75) is 64.1 Å². The van der Waals surface area contributed by atoms with E-state index in [4.69, 9.17) is 10.7 Å². The fraction of sp³-hybridized carbons (Fsp3) is 0.357. The highest BCUT2D eigenvalue weighted by Gasteiger charge is 2.45. The molecular weight excluding hydrogens is 522 g/mol. The predicted octanol–water partition coefficient (Wildman–Crippen LogP) is 3.13. The summed E-state index contributed by atoms with van der Waals surface area (Å²) in [5.74, 6) is 0.184. The summed E-state index contributed by atoms with van der Waals surface area (Å²) in [7, 11) is 0. The average molecular weight is 552 g/mol. The first-order valence-corrected chi connectivity index (χ1v) is 13.8. The number of hydrogen-bond donors (Lipinski definition) is 2. The van der Waals surface area contributed by atoms with Crippen molar-refractivity contribution in [1.29, 1.82) is 0 Å². The van der Waals surface area contributed by atoms with E-state index in [1.165, 1.54) is 17.8 Å². The number of ketones is 1. The van der Waals surface area contributed by atoms with Crippen molar-refractivity contribution >= 4 is 23.2 Å². The number of nitrogens with one attached hydrogen (secondary N) is 1. The summed E-state index contributed by atoms with van der Waals surface area (Å²) < 4.78 is 3.39. The molecule has 0 aromatic carbocycles. The summed E-state index contributed by atoms with van der Waals surface area (Å²) in [5, 5.41) is 16.7.